The van der Waals surface area contributed by atoms with Crippen molar-refractivity contribution >= 4 is 22.6 Å². The summed E-state index contributed by atoms with van der Waals surface area (Å²) in [6.45, 7) is 0.329. The van der Waals surface area contributed by atoms with Crippen molar-refractivity contribution in [1.29, 1.82) is 0 Å². The second-order valence-electron chi connectivity index (χ2n) is 6.40. The van der Waals surface area contributed by atoms with Crippen LogP contribution in [-0.2, 0) is 4.79 Å². The number of hydrogen-bond donors (Lipinski definition) is 2. The Morgan fingerprint density at radius 2 is 1.61 bits per heavy atom. The van der Waals surface area contributed by atoms with Gasteiger partial charge in [-0.2, -0.15) is 0 Å². The number of carboxylic acid groups (broad SMARTS) is 1. The van der Waals surface area contributed by atoms with Gasteiger partial charge in [-0.15, -0.1) is 0 Å². The normalized spacial score (nSPS) is 10.7. The van der Waals surface area contributed by atoms with Crippen molar-refractivity contribution in [3.63, 3.8) is 0 Å². The van der Waals surface area contributed by atoms with Gasteiger partial charge >= 0.3 is 5.97 Å². The molecule has 0 fully saturated rings. The minimum atomic E-state index is -0.834. The van der Waals surface area contributed by atoms with E-state index in [1.54, 1.807) is 12.4 Å². The number of aromatic nitrogens is 2. The Balaban J connectivity index is 2.00. The van der Waals surface area contributed by atoms with Crippen LogP contribution in [0.25, 0.3) is 33.3 Å². The van der Waals surface area contributed by atoms with Crippen molar-refractivity contribution in [3.8, 4) is 22.4 Å². The fourth-order valence-electron chi connectivity index (χ4n) is 3.29. The van der Waals surface area contributed by atoms with Crippen LogP contribution in [0.3, 0.4) is 0 Å². The van der Waals surface area contributed by atoms with Gasteiger partial charge in [0.15, 0.2) is 0 Å². The zero-order valence-corrected chi connectivity index (χ0v) is 15.2. The highest BCUT2D eigenvalue weighted by Gasteiger charge is 2.18. The van der Waals surface area contributed by atoms with Gasteiger partial charge in [-0.05, 0) is 23.8 Å². The van der Waals surface area contributed by atoms with Crippen molar-refractivity contribution in [3.05, 3.63) is 79.1 Å². The molecule has 2 heterocycles. The lowest BCUT2D eigenvalue weighted by Crippen LogP contribution is -2.09. The van der Waals surface area contributed by atoms with E-state index in [0.29, 0.717) is 6.54 Å². The van der Waals surface area contributed by atoms with E-state index < -0.39 is 5.97 Å². The van der Waals surface area contributed by atoms with Gasteiger partial charge in [-0.1, -0.05) is 48.5 Å². The summed E-state index contributed by atoms with van der Waals surface area (Å²) in [7, 11) is 0. The van der Waals surface area contributed by atoms with E-state index in [1.165, 1.54) is 0 Å². The number of aliphatic carboxylic acids is 1. The molecule has 0 spiro atoms. The van der Waals surface area contributed by atoms with Gasteiger partial charge in [0.1, 0.15) is 0 Å². The maximum absolute atomic E-state index is 11.0. The van der Waals surface area contributed by atoms with E-state index in [4.69, 9.17) is 10.1 Å². The molecule has 0 aliphatic heterocycles. The highest BCUT2D eigenvalue weighted by Crippen LogP contribution is 2.40. The molecule has 5 nitrogen and oxygen atoms in total. The number of nitrogens with zero attached hydrogens (tertiary/aromatic N) is 2. The molecule has 28 heavy (non-hydrogen) atoms. The van der Waals surface area contributed by atoms with Gasteiger partial charge in [-0.25, -0.2) is 4.98 Å². The maximum Gasteiger partial charge on any atom is 0.305 e. The fraction of sp³-hybridized carbons (Fsp3) is 0.0870. The van der Waals surface area contributed by atoms with Crippen LogP contribution >= 0.6 is 0 Å². The topological polar surface area (TPSA) is 75.1 Å². The third-order valence-electron chi connectivity index (χ3n) is 4.55. The first-order chi connectivity index (χ1) is 13.7. The molecule has 2 aromatic heterocycles. The summed E-state index contributed by atoms with van der Waals surface area (Å²) in [4.78, 5) is 20.1. The summed E-state index contributed by atoms with van der Waals surface area (Å²) in [5.74, 6) is -0.834. The molecule has 0 atom stereocenters. The summed E-state index contributed by atoms with van der Waals surface area (Å²) < 4.78 is 0. The number of para-hydroxylation sites is 1. The van der Waals surface area contributed by atoms with Crippen LogP contribution in [0.15, 0.2) is 79.1 Å². The van der Waals surface area contributed by atoms with E-state index in [0.717, 1.165) is 39.0 Å². The van der Waals surface area contributed by atoms with Gasteiger partial charge in [-0.3, -0.25) is 9.78 Å². The monoisotopic (exact) mass is 369 g/mol. The first-order valence-electron chi connectivity index (χ1n) is 9.08. The van der Waals surface area contributed by atoms with Crippen molar-refractivity contribution in [2.24, 2.45) is 0 Å². The number of pyridine rings is 2. The van der Waals surface area contributed by atoms with Gasteiger partial charge in [0.2, 0.25) is 0 Å². The van der Waals surface area contributed by atoms with Crippen molar-refractivity contribution in [1.82, 2.24) is 9.97 Å². The lowest BCUT2D eigenvalue weighted by Gasteiger charge is -2.19. The molecule has 0 aliphatic rings. The van der Waals surface area contributed by atoms with Crippen LogP contribution in [0.5, 0.6) is 0 Å². The van der Waals surface area contributed by atoms with Crippen molar-refractivity contribution in [2.45, 2.75) is 6.42 Å². The second-order valence-corrected chi connectivity index (χ2v) is 6.40. The Morgan fingerprint density at radius 3 is 2.36 bits per heavy atom. The number of carbonyl (C=O) groups is 1. The largest absolute Gasteiger partial charge is 0.481 e. The Bertz CT molecular complexity index is 1110. The molecule has 0 bridgehead atoms. The minimum absolute atomic E-state index is 0.0348. The molecule has 0 aliphatic carbocycles. The van der Waals surface area contributed by atoms with E-state index in [1.807, 2.05) is 66.7 Å². The summed E-state index contributed by atoms with van der Waals surface area (Å²) in [6.07, 6.45) is 3.54. The molecule has 2 N–H and O–H groups in total. The van der Waals surface area contributed by atoms with Crippen LogP contribution in [0, 0.1) is 0 Å². The van der Waals surface area contributed by atoms with Crippen LogP contribution in [-0.4, -0.2) is 27.6 Å². The highest BCUT2D eigenvalue weighted by molar-refractivity contribution is 6.04. The minimum Gasteiger partial charge on any atom is -0.481 e. The molecule has 0 amide bonds. The molecule has 138 valence electrons. The van der Waals surface area contributed by atoms with Crippen molar-refractivity contribution in [2.75, 3.05) is 11.9 Å². The predicted octanol–water partition coefficient (Wildman–Crippen LogP) is 4.85. The molecule has 5 heteroatoms. The molecule has 0 saturated carbocycles. The Morgan fingerprint density at radius 1 is 0.893 bits per heavy atom. The quantitative estimate of drug-likeness (QED) is 0.508. The van der Waals surface area contributed by atoms with Gasteiger partial charge < -0.3 is 10.4 Å². The number of benzene rings is 2. The Kier molecular flexibility index (Phi) is 4.97. The predicted molar refractivity (Wildman–Crippen MR) is 111 cm³/mol. The van der Waals surface area contributed by atoms with E-state index in [2.05, 4.69) is 10.3 Å². The van der Waals surface area contributed by atoms with Gasteiger partial charge in [0.25, 0.3) is 0 Å². The number of fused-ring (bicyclic) bond motifs is 1. The second kappa shape index (κ2) is 7.88. The van der Waals surface area contributed by atoms with Crippen LogP contribution in [0.1, 0.15) is 6.42 Å². The fourth-order valence-corrected chi connectivity index (χ4v) is 3.29. The average molecular weight is 369 g/mol. The molecule has 4 aromatic rings. The van der Waals surface area contributed by atoms with Gasteiger partial charge in [0.05, 0.1) is 23.3 Å². The number of hydrogen-bond acceptors (Lipinski definition) is 4. The number of anilines is 1. The van der Waals surface area contributed by atoms with Crippen LogP contribution in [0.2, 0.25) is 0 Å². The maximum atomic E-state index is 11.0. The molecular formula is C23H19N3O2. The SMILES string of the molecule is O=C(O)CCNc1c(-c2ccncc2)c(-c2ccccc2)nc2ccccc12. The number of rotatable bonds is 6. The zero-order chi connectivity index (χ0) is 19.3. The third kappa shape index (κ3) is 3.55. The van der Waals surface area contributed by atoms with Crippen molar-refractivity contribution < 1.29 is 9.90 Å². The Hall–Kier alpha value is -3.73. The summed E-state index contributed by atoms with van der Waals surface area (Å²) in [6, 6.07) is 21.8. The Labute approximate surface area is 162 Å². The van der Waals surface area contributed by atoms with Gasteiger partial charge in [0, 0.05) is 35.5 Å². The molecule has 0 unspecified atom stereocenters. The molecule has 0 saturated heterocycles. The van der Waals surface area contributed by atoms with Crippen LogP contribution < -0.4 is 5.32 Å². The van der Waals surface area contributed by atoms with E-state index >= 15 is 0 Å². The zero-order valence-electron chi connectivity index (χ0n) is 15.2. The molecular weight excluding hydrogens is 350 g/mol. The first kappa shape index (κ1) is 17.7. The standard InChI is InChI=1S/C23H19N3O2/c27-20(28)12-15-25-23-18-8-4-5-9-19(18)26-22(17-6-2-1-3-7-17)21(23)16-10-13-24-14-11-16/h1-11,13-14H,12,15H2,(H,25,26)(H,27,28). The number of carboxylic acids is 1. The van der Waals surface area contributed by atoms with Crippen LogP contribution in [0.4, 0.5) is 5.69 Å². The lowest BCUT2D eigenvalue weighted by atomic mass is 9.95. The highest BCUT2D eigenvalue weighted by atomic mass is 16.4. The lowest BCUT2D eigenvalue weighted by molar-refractivity contribution is -0.136. The molecule has 2 aromatic carbocycles. The summed E-state index contributed by atoms with van der Waals surface area (Å²) in [5, 5.41) is 13.4. The summed E-state index contributed by atoms with van der Waals surface area (Å²) in [5.41, 5.74) is 5.51. The molecule has 0 radical (unpaired) electrons. The third-order valence-corrected chi connectivity index (χ3v) is 4.55. The first-order valence-corrected chi connectivity index (χ1v) is 9.08. The van der Waals surface area contributed by atoms with E-state index in [-0.39, 0.29) is 6.42 Å². The molecule has 4 rings (SSSR count). The smallest absolute Gasteiger partial charge is 0.305 e. The van der Waals surface area contributed by atoms with E-state index in [9.17, 15) is 4.79 Å². The average Bonchev–Trinajstić information content (AvgIpc) is 2.74. The summed E-state index contributed by atoms with van der Waals surface area (Å²) >= 11 is 0. The number of nitrogens with one attached hydrogen (secondary N) is 1.